The molecule has 0 aromatic heterocycles. The van der Waals surface area contributed by atoms with E-state index in [4.69, 9.17) is 9.47 Å². The van der Waals surface area contributed by atoms with Gasteiger partial charge in [0.15, 0.2) is 11.6 Å². The zero-order valence-electron chi connectivity index (χ0n) is 12.6. The quantitative estimate of drug-likeness (QED) is 0.903. The Morgan fingerprint density at radius 1 is 1.05 bits per heavy atom. The molecular weight excluding hydrogens is 287 g/mol. The Balaban J connectivity index is 2.05. The minimum absolute atomic E-state index is 0.122. The summed E-state index contributed by atoms with van der Waals surface area (Å²) < 4.78 is 23.5. The molecule has 0 heterocycles. The van der Waals surface area contributed by atoms with E-state index in [1.54, 1.807) is 25.3 Å². The molecule has 0 aliphatic carbocycles. The summed E-state index contributed by atoms with van der Waals surface area (Å²) in [5, 5.41) is 5.26. The summed E-state index contributed by atoms with van der Waals surface area (Å²) in [4.78, 5) is 11.9. The zero-order chi connectivity index (χ0) is 16.1. The number of anilines is 2. The monoisotopic (exact) mass is 304 g/mol. The lowest BCUT2D eigenvalue weighted by Gasteiger charge is -2.11. The Morgan fingerprint density at radius 2 is 1.82 bits per heavy atom. The van der Waals surface area contributed by atoms with Crippen LogP contribution < -0.4 is 20.1 Å². The minimum atomic E-state index is -0.541. The first-order valence-corrected chi connectivity index (χ1v) is 6.59. The molecule has 2 aromatic rings. The maximum absolute atomic E-state index is 13.6. The Morgan fingerprint density at radius 3 is 2.41 bits per heavy atom. The summed E-state index contributed by atoms with van der Waals surface area (Å²) in [6, 6.07) is 9.03. The van der Waals surface area contributed by atoms with Crippen molar-refractivity contribution in [2.75, 3.05) is 24.9 Å². The number of methoxy groups -OCH3 is 2. The number of hydrogen-bond donors (Lipinski definition) is 2. The van der Waals surface area contributed by atoms with Crippen LogP contribution in [0.2, 0.25) is 0 Å². The van der Waals surface area contributed by atoms with Gasteiger partial charge in [0.1, 0.15) is 5.75 Å². The van der Waals surface area contributed by atoms with E-state index < -0.39 is 11.8 Å². The van der Waals surface area contributed by atoms with Crippen molar-refractivity contribution in [2.45, 2.75) is 6.92 Å². The maximum Gasteiger partial charge on any atom is 0.323 e. The molecule has 0 aliphatic heterocycles. The summed E-state index contributed by atoms with van der Waals surface area (Å²) in [6.07, 6.45) is 0. The SMILES string of the molecule is COc1ccc(NC(=O)Nc2ccc(OC)c(F)c2)c(C)c1. The first-order valence-electron chi connectivity index (χ1n) is 6.59. The van der Waals surface area contributed by atoms with Crippen LogP contribution in [0.5, 0.6) is 11.5 Å². The second-order valence-corrected chi connectivity index (χ2v) is 4.61. The zero-order valence-corrected chi connectivity index (χ0v) is 12.6. The highest BCUT2D eigenvalue weighted by Gasteiger charge is 2.08. The smallest absolute Gasteiger partial charge is 0.323 e. The molecule has 0 spiro atoms. The number of urea groups is 1. The van der Waals surface area contributed by atoms with E-state index >= 15 is 0 Å². The van der Waals surface area contributed by atoms with E-state index in [2.05, 4.69) is 10.6 Å². The fourth-order valence-corrected chi connectivity index (χ4v) is 1.93. The highest BCUT2D eigenvalue weighted by molar-refractivity contribution is 6.00. The van der Waals surface area contributed by atoms with Crippen LogP contribution in [0.25, 0.3) is 0 Å². The number of ether oxygens (including phenoxy) is 2. The number of amides is 2. The first kappa shape index (κ1) is 15.6. The van der Waals surface area contributed by atoms with Crippen molar-refractivity contribution in [3.63, 3.8) is 0 Å². The summed E-state index contributed by atoms with van der Waals surface area (Å²) in [5.41, 5.74) is 1.84. The first-order chi connectivity index (χ1) is 10.5. The molecule has 0 aliphatic rings. The standard InChI is InChI=1S/C16H17FN2O3/c1-10-8-12(21-2)5-6-14(10)19-16(20)18-11-4-7-15(22-3)13(17)9-11/h4-9H,1-3H3,(H2,18,19,20). The molecule has 2 rings (SSSR count). The summed E-state index contributed by atoms with van der Waals surface area (Å²) in [5.74, 6) is 0.290. The van der Waals surface area contributed by atoms with Crippen LogP contribution in [-0.4, -0.2) is 20.3 Å². The van der Waals surface area contributed by atoms with Crippen molar-refractivity contribution in [3.05, 3.63) is 47.8 Å². The third-order valence-corrected chi connectivity index (χ3v) is 3.09. The maximum atomic E-state index is 13.6. The normalized spacial score (nSPS) is 10.0. The van der Waals surface area contributed by atoms with E-state index in [1.165, 1.54) is 19.2 Å². The van der Waals surface area contributed by atoms with E-state index in [1.807, 2.05) is 13.0 Å². The van der Waals surface area contributed by atoms with Gasteiger partial charge >= 0.3 is 6.03 Å². The van der Waals surface area contributed by atoms with Gasteiger partial charge in [-0.05, 0) is 42.8 Å². The van der Waals surface area contributed by atoms with Crippen LogP contribution in [0.1, 0.15) is 5.56 Å². The van der Waals surface area contributed by atoms with Gasteiger partial charge in [0.2, 0.25) is 0 Å². The molecule has 5 nitrogen and oxygen atoms in total. The van der Waals surface area contributed by atoms with Crippen LogP contribution in [0.15, 0.2) is 36.4 Å². The second-order valence-electron chi connectivity index (χ2n) is 4.61. The molecule has 116 valence electrons. The molecule has 0 saturated heterocycles. The lowest BCUT2D eigenvalue weighted by Crippen LogP contribution is -2.20. The third kappa shape index (κ3) is 3.66. The number of aryl methyl sites for hydroxylation is 1. The largest absolute Gasteiger partial charge is 0.497 e. The van der Waals surface area contributed by atoms with Gasteiger partial charge in [-0.2, -0.15) is 0 Å². The summed E-state index contributed by atoms with van der Waals surface area (Å²) in [7, 11) is 2.96. The Kier molecular flexibility index (Phi) is 4.83. The van der Waals surface area contributed by atoms with Crippen LogP contribution in [0.3, 0.4) is 0 Å². The molecule has 2 amide bonds. The van der Waals surface area contributed by atoms with Gasteiger partial charge in [-0.1, -0.05) is 0 Å². The molecular formula is C16H17FN2O3. The Labute approximate surface area is 128 Å². The summed E-state index contributed by atoms with van der Waals surface area (Å²) >= 11 is 0. The van der Waals surface area contributed by atoms with Crippen molar-refractivity contribution < 1.29 is 18.7 Å². The molecule has 0 saturated carbocycles. The van der Waals surface area contributed by atoms with Crippen LogP contribution in [0.4, 0.5) is 20.6 Å². The molecule has 0 unspecified atom stereocenters. The fourth-order valence-electron chi connectivity index (χ4n) is 1.93. The van der Waals surface area contributed by atoms with Gasteiger partial charge in [-0.3, -0.25) is 0 Å². The number of carbonyl (C=O) groups excluding carboxylic acids is 1. The predicted molar refractivity (Wildman–Crippen MR) is 83.3 cm³/mol. The Hall–Kier alpha value is -2.76. The highest BCUT2D eigenvalue weighted by atomic mass is 19.1. The van der Waals surface area contributed by atoms with Crippen molar-refractivity contribution >= 4 is 17.4 Å². The van der Waals surface area contributed by atoms with Gasteiger partial charge in [-0.25, -0.2) is 9.18 Å². The van der Waals surface area contributed by atoms with Gasteiger partial charge < -0.3 is 20.1 Å². The van der Waals surface area contributed by atoms with Gasteiger partial charge in [0.25, 0.3) is 0 Å². The molecule has 0 bridgehead atoms. The average molecular weight is 304 g/mol. The lowest BCUT2D eigenvalue weighted by atomic mass is 10.2. The third-order valence-electron chi connectivity index (χ3n) is 3.09. The number of benzene rings is 2. The molecule has 6 heteroatoms. The number of nitrogens with one attached hydrogen (secondary N) is 2. The molecule has 2 aromatic carbocycles. The number of hydrogen-bond acceptors (Lipinski definition) is 3. The van der Waals surface area contributed by atoms with Crippen molar-refractivity contribution in [3.8, 4) is 11.5 Å². The minimum Gasteiger partial charge on any atom is -0.497 e. The second kappa shape index (κ2) is 6.80. The van der Waals surface area contributed by atoms with Crippen molar-refractivity contribution in [1.82, 2.24) is 0 Å². The van der Waals surface area contributed by atoms with E-state index in [9.17, 15) is 9.18 Å². The van der Waals surface area contributed by atoms with Gasteiger partial charge in [0, 0.05) is 17.4 Å². The van der Waals surface area contributed by atoms with Gasteiger partial charge in [0.05, 0.1) is 14.2 Å². The van der Waals surface area contributed by atoms with E-state index in [-0.39, 0.29) is 5.75 Å². The van der Waals surface area contributed by atoms with Crippen LogP contribution >= 0.6 is 0 Å². The van der Waals surface area contributed by atoms with E-state index in [0.717, 1.165) is 5.56 Å². The van der Waals surface area contributed by atoms with Crippen molar-refractivity contribution in [1.29, 1.82) is 0 Å². The topological polar surface area (TPSA) is 59.6 Å². The lowest BCUT2D eigenvalue weighted by molar-refractivity contribution is 0.262. The number of halogens is 1. The van der Waals surface area contributed by atoms with Crippen LogP contribution in [-0.2, 0) is 0 Å². The predicted octanol–water partition coefficient (Wildman–Crippen LogP) is 3.80. The average Bonchev–Trinajstić information content (AvgIpc) is 2.49. The molecule has 0 radical (unpaired) electrons. The van der Waals surface area contributed by atoms with E-state index in [0.29, 0.717) is 17.1 Å². The highest BCUT2D eigenvalue weighted by Crippen LogP contribution is 2.23. The number of rotatable bonds is 4. The van der Waals surface area contributed by atoms with Crippen LogP contribution in [0, 0.1) is 12.7 Å². The molecule has 2 N–H and O–H groups in total. The molecule has 0 fully saturated rings. The molecule has 0 atom stereocenters. The fraction of sp³-hybridized carbons (Fsp3) is 0.188. The molecule has 22 heavy (non-hydrogen) atoms. The summed E-state index contributed by atoms with van der Waals surface area (Å²) in [6.45, 7) is 1.85. The number of carbonyl (C=O) groups is 1. The van der Waals surface area contributed by atoms with Crippen molar-refractivity contribution in [2.24, 2.45) is 0 Å². The van der Waals surface area contributed by atoms with Gasteiger partial charge in [-0.15, -0.1) is 0 Å². The Bertz CT molecular complexity index is 689.